The van der Waals surface area contributed by atoms with E-state index in [0.717, 1.165) is 18.4 Å². The summed E-state index contributed by atoms with van der Waals surface area (Å²) in [7, 11) is 0. The van der Waals surface area contributed by atoms with Gasteiger partial charge in [-0.1, -0.05) is 51.0 Å². The van der Waals surface area contributed by atoms with Crippen LogP contribution < -0.4 is 5.32 Å². The second-order valence-electron chi connectivity index (χ2n) is 6.63. The summed E-state index contributed by atoms with van der Waals surface area (Å²) in [5.74, 6) is 1.05. The molecule has 6 nitrogen and oxygen atoms in total. The minimum Gasteiger partial charge on any atom is -0.351 e. The van der Waals surface area contributed by atoms with Crippen LogP contribution in [0.4, 0.5) is 0 Å². The normalized spacial score (nSPS) is 20.8. The Morgan fingerprint density at radius 1 is 1.25 bits per heavy atom. The van der Waals surface area contributed by atoms with Gasteiger partial charge in [0.1, 0.15) is 6.54 Å². The van der Waals surface area contributed by atoms with Gasteiger partial charge in [-0.25, -0.2) is 0 Å². The van der Waals surface area contributed by atoms with Crippen molar-refractivity contribution in [3.63, 3.8) is 0 Å². The van der Waals surface area contributed by atoms with E-state index < -0.39 is 0 Å². The largest absolute Gasteiger partial charge is 0.351 e. The molecule has 0 saturated heterocycles. The molecule has 0 bridgehead atoms. The smallest absolute Gasteiger partial charge is 0.243 e. The van der Waals surface area contributed by atoms with Crippen LogP contribution >= 0.6 is 0 Å². The first kappa shape index (κ1) is 16.6. The molecule has 0 spiro atoms. The minimum absolute atomic E-state index is 0.0426. The Kier molecular flexibility index (Phi) is 5.23. The van der Waals surface area contributed by atoms with Crippen LogP contribution in [-0.2, 0) is 17.8 Å². The van der Waals surface area contributed by atoms with Crippen LogP contribution in [0.25, 0.3) is 11.4 Å². The third-order valence-electron chi connectivity index (χ3n) is 4.82. The number of amides is 1. The summed E-state index contributed by atoms with van der Waals surface area (Å²) in [6.45, 7) is 4.44. The van der Waals surface area contributed by atoms with Crippen molar-refractivity contribution in [2.75, 3.05) is 0 Å². The molecule has 1 aliphatic carbocycles. The van der Waals surface area contributed by atoms with Crippen LogP contribution in [0.15, 0.2) is 24.3 Å². The zero-order valence-electron chi connectivity index (χ0n) is 14.4. The van der Waals surface area contributed by atoms with Crippen molar-refractivity contribution in [2.24, 2.45) is 5.92 Å². The number of hydrogen-bond acceptors (Lipinski definition) is 4. The Morgan fingerprint density at radius 2 is 2.00 bits per heavy atom. The molecule has 1 fully saturated rings. The maximum absolute atomic E-state index is 12.2. The summed E-state index contributed by atoms with van der Waals surface area (Å²) >= 11 is 0. The van der Waals surface area contributed by atoms with Crippen LogP contribution in [0.1, 0.15) is 45.1 Å². The van der Waals surface area contributed by atoms with Crippen LogP contribution in [0, 0.1) is 5.92 Å². The molecule has 1 aromatic heterocycles. The van der Waals surface area contributed by atoms with Gasteiger partial charge in [-0.2, -0.15) is 4.80 Å². The number of benzene rings is 1. The van der Waals surface area contributed by atoms with Gasteiger partial charge in [0.05, 0.1) is 0 Å². The molecule has 24 heavy (non-hydrogen) atoms. The van der Waals surface area contributed by atoms with Crippen LogP contribution in [0.2, 0.25) is 0 Å². The summed E-state index contributed by atoms with van der Waals surface area (Å²) in [5, 5.41) is 15.5. The van der Waals surface area contributed by atoms with Crippen molar-refractivity contribution in [3.05, 3.63) is 29.8 Å². The summed E-state index contributed by atoms with van der Waals surface area (Å²) in [6, 6.07) is 8.38. The zero-order chi connectivity index (χ0) is 16.9. The number of tetrazole rings is 1. The molecule has 0 radical (unpaired) electrons. The second-order valence-corrected chi connectivity index (χ2v) is 6.63. The molecule has 1 saturated carbocycles. The lowest BCUT2D eigenvalue weighted by molar-refractivity contribution is -0.123. The Morgan fingerprint density at radius 3 is 2.71 bits per heavy atom. The molecule has 0 aliphatic heterocycles. The maximum Gasteiger partial charge on any atom is 0.243 e. The molecule has 1 aliphatic rings. The lowest BCUT2D eigenvalue weighted by atomic mass is 9.86. The zero-order valence-corrected chi connectivity index (χ0v) is 14.4. The van der Waals surface area contributed by atoms with Crippen LogP contribution in [0.3, 0.4) is 0 Å². The number of nitrogens with zero attached hydrogens (tertiary/aromatic N) is 4. The Bertz CT molecular complexity index is 679. The lowest BCUT2D eigenvalue weighted by Crippen LogP contribution is -2.42. The van der Waals surface area contributed by atoms with Crippen LogP contribution in [0.5, 0.6) is 0 Å². The first-order valence-corrected chi connectivity index (χ1v) is 8.82. The predicted octanol–water partition coefficient (Wildman–Crippen LogP) is 2.60. The fourth-order valence-corrected chi connectivity index (χ4v) is 3.23. The van der Waals surface area contributed by atoms with Gasteiger partial charge in [0.25, 0.3) is 0 Å². The van der Waals surface area contributed by atoms with Crippen molar-refractivity contribution in [2.45, 2.75) is 58.5 Å². The molecular formula is C18H25N5O. The van der Waals surface area contributed by atoms with Gasteiger partial charge in [0.15, 0.2) is 0 Å². The molecular weight excluding hydrogens is 302 g/mol. The highest BCUT2D eigenvalue weighted by Gasteiger charge is 2.23. The third kappa shape index (κ3) is 3.99. The average Bonchev–Trinajstić information content (AvgIpc) is 3.05. The maximum atomic E-state index is 12.2. The molecule has 1 heterocycles. The highest BCUT2D eigenvalue weighted by atomic mass is 16.2. The summed E-state index contributed by atoms with van der Waals surface area (Å²) in [5.41, 5.74) is 2.19. The summed E-state index contributed by atoms with van der Waals surface area (Å²) in [6.07, 6.45) is 5.70. The number of nitrogens with one attached hydrogen (secondary N) is 1. The van der Waals surface area contributed by atoms with Gasteiger partial charge in [-0.15, -0.1) is 10.2 Å². The Hall–Kier alpha value is -2.24. The summed E-state index contributed by atoms with van der Waals surface area (Å²) in [4.78, 5) is 13.6. The first-order valence-electron chi connectivity index (χ1n) is 8.82. The highest BCUT2D eigenvalue weighted by molar-refractivity contribution is 5.75. The number of hydrogen-bond donors (Lipinski definition) is 1. The van der Waals surface area contributed by atoms with Gasteiger partial charge in [-0.05, 0) is 36.0 Å². The van der Waals surface area contributed by atoms with E-state index >= 15 is 0 Å². The number of carbonyl (C=O) groups excluding carboxylic acids is 1. The standard InChI is InChI=1S/C18H25N5O/c1-3-14-8-10-15(11-9-14)18-20-22-23(21-18)12-17(24)19-16-7-5-4-6-13(16)2/h8-11,13,16H,3-7,12H2,1-2H3,(H,19,24)/t13-,16-/m0/s1. The Labute approximate surface area is 142 Å². The van der Waals surface area contributed by atoms with E-state index in [0.29, 0.717) is 11.7 Å². The fourth-order valence-electron chi connectivity index (χ4n) is 3.23. The number of aromatic nitrogens is 4. The van der Waals surface area contributed by atoms with Crippen molar-refractivity contribution >= 4 is 5.91 Å². The first-order chi connectivity index (χ1) is 11.7. The molecule has 2 aromatic rings. The molecule has 6 heteroatoms. The van der Waals surface area contributed by atoms with E-state index in [1.807, 2.05) is 12.1 Å². The monoisotopic (exact) mass is 327 g/mol. The number of aryl methyl sites for hydroxylation is 1. The van der Waals surface area contributed by atoms with Gasteiger partial charge in [-0.3, -0.25) is 4.79 Å². The van der Waals surface area contributed by atoms with Gasteiger partial charge in [0, 0.05) is 11.6 Å². The topological polar surface area (TPSA) is 72.7 Å². The molecule has 1 N–H and O–H groups in total. The third-order valence-corrected chi connectivity index (χ3v) is 4.82. The van der Waals surface area contributed by atoms with Gasteiger partial charge in [0.2, 0.25) is 11.7 Å². The molecule has 0 unspecified atom stereocenters. The van der Waals surface area contributed by atoms with Gasteiger partial charge < -0.3 is 5.32 Å². The van der Waals surface area contributed by atoms with Crippen molar-refractivity contribution < 1.29 is 4.79 Å². The molecule has 128 valence electrons. The van der Waals surface area contributed by atoms with E-state index in [2.05, 4.69) is 46.7 Å². The quantitative estimate of drug-likeness (QED) is 0.916. The molecule has 3 rings (SSSR count). The SMILES string of the molecule is CCc1ccc(-c2nnn(CC(=O)N[C@H]3CCCC[C@@H]3C)n2)cc1. The van der Waals surface area contributed by atoms with E-state index in [1.54, 1.807) is 0 Å². The highest BCUT2D eigenvalue weighted by Crippen LogP contribution is 2.23. The molecule has 1 aromatic carbocycles. The van der Waals surface area contributed by atoms with Crippen LogP contribution in [-0.4, -0.2) is 32.2 Å². The van der Waals surface area contributed by atoms with E-state index in [1.165, 1.54) is 29.6 Å². The minimum atomic E-state index is -0.0426. The fraction of sp³-hybridized carbons (Fsp3) is 0.556. The molecule has 2 atom stereocenters. The van der Waals surface area contributed by atoms with Gasteiger partial charge >= 0.3 is 0 Å². The van der Waals surface area contributed by atoms with E-state index in [9.17, 15) is 4.79 Å². The summed E-state index contributed by atoms with van der Waals surface area (Å²) < 4.78 is 0. The Balaban J connectivity index is 1.59. The predicted molar refractivity (Wildman–Crippen MR) is 92.2 cm³/mol. The van der Waals surface area contributed by atoms with E-state index in [4.69, 9.17) is 0 Å². The number of carbonyl (C=O) groups is 1. The lowest BCUT2D eigenvalue weighted by Gasteiger charge is -2.29. The van der Waals surface area contributed by atoms with Crippen molar-refractivity contribution in [1.82, 2.24) is 25.5 Å². The van der Waals surface area contributed by atoms with Crippen molar-refractivity contribution in [3.8, 4) is 11.4 Å². The average molecular weight is 327 g/mol. The molecule has 1 amide bonds. The van der Waals surface area contributed by atoms with E-state index in [-0.39, 0.29) is 18.5 Å². The second kappa shape index (κ2) is 7.55. The number of rotatable bonds is 5. The van der Waals surface area contributed by atoms with Crippen molar-refractivity contribution in [1.29, 1.82) is 0 Å².